The van der Waals surface area contributed by atoms with Crippen molar-refractivity contribution in [3.05, 3.63) is 47.5 Å². The number of fused-ring (bicyclic) bond motifs is 2. The van der Waals surface area contributed by atoms with Gasteiger partial charge >= 0.3 is 0 Å². The van der Waals surface area contributed by atoms with Gasteiger partial charge in [0.25, 0.3) is 5.91 Å². The molecule has 0 radical (unpaired) electrons. The number of H-pyrrole nitrogens is 1. The monoisotopic (exact) mass is 365 g/mol. The minimum Gasteiger partial charge on any atom is -0.454 e. The van der Waals surface area contributed by atoms with Crippen molar-refractivity contribution in [2.45, 2.75) is 6.54 Å². The smallest absolute Gasteiger partial charge is 0.254 e. The summed E-state index contributed by atoms with van der Waals surface area (Å²) in [5.41, 5.74) is 3.32. The van der Waals surface area contributed by atoms with Crippen LogP contribution in [0.15, 0.2) is 36.4 Å². The Bertz CT molecular complexity index is 994. The van der Waals surface area contributed by atoms with Gasteiger partial charge in [-0.15, -0.1) is 0 Å². The Kier molecular flexibility index (Phi) is 3.90. The Balaban J connectivity index is 1.21. The van der Waals surface area contributed by atoms with E-state index in [1.807, 2.05) is 29.2 Å². The Labute approximate surface area is 155 Å². The molecule has 2 aromatic carbocycles. The number of aromatic nitrogens is 3. The van der Waals surface area contributed by atoms with Gasteiger partial charge in [0, 0.05) is 38.3 Å². The fourth-order valence-electron chi connectivity index (χ4n) is 3.56. The van der Waals surface area contributed by atoms with Crippen molar-refractivity contribution in [2.24, 2.45) is 0 Å². The fourth-order valence-corrected chi connectivity index (χ4v) is 3.56. The summed E-state index contributed by atoms with van der Waals surface area (Å²) in [5.74, 6) is 1.66. The standard InChI is InChI=1S/C19H19N5O3/c25-19(14-2-3-15-16(10-14)21-22-20-15)24-7-5-23(6-8-24)11-13-1-4-17-18(9-13)27-12-26-17/h1-4,9-10H,5-8,11-12H2,(H,20,21,22). The highest BCUT2D eigenvalue weighted by molar-refractivity contribution is 5.97. The molecule has 1 amide bonds. The van der Waals surface area contributed by atoms with Gasteiger partial charge in [-0.1, -0.05) is 6.07 Å². The normalized spacial score (nSPS) is 16.8. The van der Waals surface area contributed by atoms with E-state index in [9.17, 15) is 4.79 Å². The topological polar surface area (TPSA) is 83.6 Å². The van der Waals surface area contributed by atoms with Crippen LogP contribution in [0.5, 0.6) is 11.5 Å². The molecule has 1 fully saturated rings. The maximum Gasteiger partial charge on any atom is 0.254 e. The zero-order valence-electron chi connectivity index (χ0n) is 14.7. The van der Waals surface area contributed by atoms with Crippen molar-refractivity contribution in [1.82, 2.24) is 25.2 Å². The van der Waals surface area contributed by atoms with E-state index >= 15 is 0 Å². The van der Waals surface area contributed by atoms with Crippen LogP contribution < -0.4 is 9.47 Å². The summed E-state index contributed by atoms with van der Waals surface area (Å²) in [6, 6.07) is 11.5. The van der Waals surface area contributed by atoms with Gasteiger partial charge in [0.05, 0.1) is 0 Å². The number of rotatable bonds is 3. The molecule has 0 spiro atoms. The van der Waals surface area contributed by atoms with Crippen LogP contribution in [0.2, 0.25) is 0 Å². The van der Waals surface area contributed by atoms with Gasteiger partial charge in [-0.25, -0.2) is 0 Å². The molecule has 2 aliphatic rings. The number of aromatic amines is 1. The number of carbonyl (C=O) groups excluding carboxylic acids is 1. The lowest BCUT2D eigenvalue weighted by molar-refractivity contribution is 0.0628. The molecular formula is C19H19N5O3. The third-order valence-corrected chi connectivity index (χ3v) is 5.07. The van der Waals surface area contributed by atoms with Gasteiger partial charge in [-0.05, 0) is 35.9 Å². The van der Waals surface area contributed by atoms with Crippen molar-refractivity contribution in [2.75, 3.05) is 33.0 Å². The van der Waals surface area contributed by atoms with Crippen molar-refractivity contribution in [3.8, 4) is 11.5 Å². The minimum absolute atomic E-state index is 0.0441. The molecule has 8 nitrogen and oxygen atoms in total. The van der Waals surface area contributed by atoms with Crippen LogP contribution in [-0.2, 0) is 6.54 Å². The van der Waals surface area contributed by atoms with E-state index in [4.69, 9.17) is 9.47 Å². The molecule has 1 saturated heterocycles. The maximum atomic E-state index is 12.8. The number of hydrogen-bond acceptors (Lipinski definition) is 6. The van der Waals surface area contributed by atoms with Crippen LogP contribution in [-0.4, -0.2) is 64.1 Å². The van der Waals surface area contributed by atoms with Gasteiger partial charge in [-0.3, -0.25) is 9.69 Å². The van der Waals surface area contributed by atoms with Crippen LogP contribution in [0.3, 0.4) is 0 Å². The summed E-state index contributed by atoms with van der Waals surface area (Å²) in [6.07, 6.45) is 0. The molecule has 8 heteroatoms. The van der Waals surface area contributed by atoms with Crippen LogP contribution in [0.1, 0.15) is 15.9 Å². The van der Waals surface area contributed by atoms with Gasteiger partial charge in [0.2, 0.25) is 6.79 Å². The van der Waals surface area contributed by atoms with E-state index in [1.165, 1.54) is 5.56 Å². The molecule has 0 saturated carbocycles. The third-order valence-electron chi connectivity index (χ3n) is 5.07. The van der Waals surface area contributed by atoms with E-state index < -0.39 is 0 Å². The molecule has 27 heavy (non-hydrogen) atoms. The Morgan fingerprint density at radius 2 is 1.78 bits per heavy atom. The second kappa shape index (κ2) is 6.55. The first kappa shape index (κ1) is 16.1. The number of benzene rings is 2. The molecule has 3 heterocycles. The SMILES string of the molecule is O=C(c1ccc2n[nH]nc2c1)N1CCN(Cc2ccc3c(c2)OCO3)CC1. The number of hydrogen-bond donors (Lipinski definition) is 1. The van der Waals surface area contributed by atoms with Crippen molar-refractivity contribution in [1.29, 1.82) is 0 Å². The van der Waals surface area contributed by atoms with E-state index in [-0.39, 0.29) is 5.91 Å². The Hall–Kier alpha value is -3.13. The molecule has 3 aromatic rings. The van der Waals surface area contributed by atoms with Crippen LogP contribution in [0.25, 0.3) is 11.0 Å². The van der Waals surface area contributed by atoms with Gasteiger partial charge < -0.3 is 14.4 Å². The maximum absolute atomic E-state index is 12.8. The molecule has 0 aliphatic carbocycles. The summed E-state index contributed by atoms with van der Waals surface area (Å²) < 4.78 is 10.8. The largest absolute Gasteiger partial charge is 0.454 e. The molecule has 0 atom stereocenters. The van der Waals surface area contributed by atoms with E-state index in [1.54, 1.807) is 6.07 Å². The predicted molar refractivity (Wildman–Crippen MR) is 97.6 cm³/mol. The molecule has 0 unspecified atom stereocenters. The van der Waals surface area contributed by atoms with Crippen LogP contribution >= 0.6 is 0 Å². The average Bonchev–Trinajstić information content (AvgIpc) is 3.36. The lowest BCUT2D eigenvalue weighted by Gasteiger charge is -2.34. The average molecular weight is 365 g/mol. The number of nitrogens with one attached hydrogen (secondary N) is 1. The lowest BCUT2D eigenvalue weighted by atomic mass is 10.1. The summed E-state index contributed by atoms with van der Waals surface area (Å²) in [5, 5.41) is 10.7. The molecule has 138 valence electrons. The summed E-state index contributed by atoms with van der Waals surface area (Å²) in [6.45, 7) is 4.22. The van der Waals surface area contributed by atoms with Gasteiger partial charge in [0.15, 0.2) is 11.5 Å². The van der Waals surface area contributed by atoms with Crippen molar-refractivity contribution in [3.63, 3.8) is 0 Å². The van der Waals surface area contributed by atoms with Gasteiger partial charge in [0.1, 0.15) is 11.0 Å². The van der Waals surface area contributed by atoms with E-state index in [2.05, 4.69) is 26.4 Å². The number of carbonyl (C=O) groups is 1. The second-order valence-corrected chi connectivity index (χ2v) is 6.78. The second-order valence-electron chi connectivity index (χ2n) is 6.78. The van der Waals surface area contributed by atoms with Crippen LogP contribution in [0, 0.1) is 0 Å². The lowest BCUT2D eigenvalue weighted by Crippen LogP contribution is -2.48. The fraction of sp³-hybridized carbons (Fsp3) is 0.316. The zero-order valence-corrected chi connectivity index (χ0v) is 14.7. The summed E-state index contributed by atoms with van der Waals surface area (Å²) in [7, 11) is 0. The highest BCUT2D eigenvalue weighted by Gasteiger charge is 2.23. The number of nitrogens with zero attached hydrogens (tertiary/aromatic N) is 4. The molecule has 1 aromatic heterocycles. The molecule has 0 bridgehead atoms. The summed E-state index contributed by atoms with van der Waals surface area (Å²) >= 11 is 0. The number of piperazine rings is 1. The van der Waals surface area contributed by atoms with Gasteiger partial charge in [-0.2, -0.15) is 15.4 Å². The van der Waals surface area contributed by atoms with E-state index in [0.717, 1.165) is 36.6 Å². The van der Waals surface area contributed by atoms with Crippen molar-refractivity contribution >= 4 is 16.9 Å². The van der Waals surface area contributed by atoms with Crippen LogP contribution in [0.4, 0.5) is 0 Å². The number of ether oxygens (including phenoxy) is 2. The zero-order chi connectivity index (χ0) is 18.2. The predicted octanol–water partition coefficient (Wildman–Crippen LogP) is 1.64. The molecule has 2 aliphatic heterocycles. The first-order chi connectivity index (χ1) is 13.3. The Morgan fingerprint density at radius 3 is 2.67 bits per heavy atom. The molecular weight excluding hydrogens is 346 g/mol. The van der Waals surface area contributed by atoms with E-state index in [0.29, 0.717) is 31.0 Å². The van der Waals surface area contributed by atoms with Crippen molar-refractivity contribution < 1.29 is 14.3 Å². The third kappa shape index (κ3) is 3.08. The first-order valence-corrected chi connectivity index (χ1v) is 8.97. The summed E-state index contributed by atoms with van der Waals surface area (Å²) in [4.78, 5) is 17.0. The number of amides is 1. The highest BCUT2D eigenvalue weighted by Crippen LogP contribution is 2.32. The molecule has 1 N–H and O–H groups in total. The first-order valence-electron chi connectivity index (χ1n) is 8.97. The minimum atomic E-state index is 0.0441. The Morgan fingerprint density at radius 1 is 0.963 bits per heavy atom. The quantitative estimate of drug-likeness (QED) is 0.760. The molecule has 5 rings (SSSR count). The highest BCUT2D eigenvalue weighted by atomic mass is 16.7.